The predicted molar refractivity (Wildman–Crippen MR) is 119 cm³/mol. The van der Waals surface area contributed by atoms with Gasteiger partial charge in [0.05, 0.1) is 6.04 Å². The summed E-state index contributed by atoms with van der Waals surface area (Å²) in [7, 11) is 4.26. The molecule has 1 aliphatic heterocycles. The van der Waals surface area contributed by atoms with Gasteiger partial charge in [-0.05, 0) is 63.8 Å². The van der Waals surface area contributed by atoms with Crippen molar-refractivity contribution in [3.8, 4) is 5.75 Å². The van der Waals surface area contributed by atoms with Crippen LogP contribution in [0.1, 0.15) is 30.0 Å². The molecule has 0 fully saturated rings. The second-order valence-corrected chi connectivity index (χ2v) is 7.33. The number of benzene rings is 2. The zero-order chi connectivity index (χ0) is 17.6. The van der Waals surface area contributed by atoms with E-state index in [0.29, 0.717) is 6.61 Å². The first-order chi connectivity index (χ1) is 12.1. The van der Waals surface area contributed by atoms with Crippen LogP contribution in [0.2, 0.25) is 5.02 Å². The van der Waals surface area contributed by atoms with Gasteiger partial charge in [-0.15, -0.1) is 24.8 Å². The van der Waals surface area contributed by atoms with Gasteiger partial charge in [0.1, 0.15) is 12.4 Å². The highest BCUT2D eigenvalue weighted by atomic mass is 35.5. The summed E-state index contributed by atoms with van der Waals surface area (Å²) >= 11 is 6.31. The lowest BCUT2D eigenvalue weighted by Crippen LogP contribution is -2.32. The first kappa shape index (κ1) is 24.1. The third-order valence-corrected chi connectivity index (χ3v) is 4.92. The number of unbranched alkanes of at least 4 members (excludes halogenated alkanes) is 1. The zero-order valence-corrected chi connectivity index (χ0v) is 18.3. The van der Waals surface area contributed by atoms with Gasteiger partial charge in [-0.2, -0.15) is 0 Å². The number of halogens is 3. The molecule has 1 unspecified atom stereocenters. The van der Waals surface area contributed by atoms with E-state index in [-0.39, 0.29) is 30.9 Å². The summed E-state index contributed by atoms with van der Waals surface area (Å²) in [5.41, 5.74) is 2.47. The van der Waals surface area contributed by atoms with E-state index in [1.165, 1.54) is 24.0 Å². The van der Waals surface area contributed by atoms with Gasteiger partial charge in [-0.25, -0.2) is 0 Å². The summed E-state index contributed by atoms with van der Waals surface area (Å²) < 4.78 is 6.02. The van der Waals surface area contributed by atoms with Crippen molar-refractivity contribution >= 4 is 36.4 Å². The first-order valence-electron chi connectivity index (χ1n) is 9.01. The van der Waals surface area contributed by atoms with E-state index >= 15 is 0 Å². The molecule has 27 heavy (non-hydrogen) atoms. The van der Waals surface area contributed by atoms with E-state index in [9.17, 15) is 0 Å². The van der Waals surface area contributed by atoms with Gasteiger partial charge in [-0.1, -0.05) is 41.9 Å². The van der Waals surface area contributed by atoms with Crippen molar-refractivity contribution in [3.05, 3.63) is 64.7 Å². The summed E-state index contributed by atoms with van der Waals surface area (Å²) in [6.07, 6.45) is 2.38. The fraction of sp³-hybridized carbons (Fsp3) is 0.429. The summed E-state index contributed by atoms with van der Waals surface area (Å²) in [6, 6.07) is 16.9. The number of hydrogen-bond acceptors (Lipinski definition) is 3. The van der Waals surface area contributed by atoms with Crippen LogP contribution < -0.4 is 4.74 Å². The van der Waals surface area contributed by atoms with Gasteiger partial charge in [0.25, 0.3) is 0 Å². The molecule has 2 aromatic rings. The van der Waals surface area contributed by atoms with Crippen LogP contribution in [0.5, 0.6) is 5.75 Å². The summed E-state index contributed by atoms with van der Waals surface area (Å²) in [5, 5.41) is 0.762. The van der Waals surface area contributed by atoms with Crippen molar-refractivity contribution in [2.24, 2.45) is 0 Å². The van der Waals surface area contributed by atoms with Crippen LogP contribution in [0.15, 0.2) is 48.5 Å². The van der Waals surface area contributed by atoms with Crippen LogP contribution in [-0.4, -0.2) is 50.1 Å². The van der Waals surface area contributed by atoms with Gasteiger partial charge in [-0.3, -0.25) is 4.90 Å². The van der Waals surface area contributed by atoms with E-state index < -0.39 is 0 Å². The molecule has 0 N–H and O–H groups in total. The highest BCUT2D eigenvalue weighted by Gasteiger charge is 2.28. The molecule has 0 saturated carbocycles. The predicted octanol–water partition coefficient (Wildman–Crippen LogP) is 5.31. The van der Waals surface area contributed by atoms with E-state index in [0.717, 1.165) is 30.4 Å². The van der Waals surface area contributed by atoms with Gasteiger partial charge in [0, 0.05) is 17.1 Å². The van der Waals surface area contributed by atoms with Crippen molar-refractivity contribution in [2.75, 3.05) is 40.3 Å². The Morgan fingerprint density at radius 2 is 1.81 bits per heavy atom. The molecular weight excluding hydrogens is 403 g/mol. The maximum Gasteiger partial charge on any atom is 0.124 e. The Hall–Kier alpha value is -0.970. The van der Waals surface area contributed by atoms with Crippen LogP contribution in [0.25, 0.3) is 0 Å². The quantitative estimate of drug-likeness (QED) is 0.576. The van der Waals surface area contributed by atoms with Crippen molar-refractivity contribution < 1.29 is 4.74 Å². The second-order valence-electron chi connectivity index (χ2n) is 6.89. The second kappa shape index (κ2) is 11.8. The SMILES string of the molecule is CN(C)CCCCN1CCOc2ccc(Cl)cc2C1c1ccccc1.Cl.Cl. The smallest absolute Gasteiger partial charge is 0.124 e. The lowest BCUT2D eigenvalue weighted by molar-refractivity contribution is 0.196. The molecule has 0 aliphatic carbocycles. The minimum Gasteiger partial charge on any atom is -0.492 e. The van der Waals surface area contributed by atoms with Crippen LogP contribution in [0, 0.1) is 0 Å². The van der Waals surface area contributed by atoms with Gasteiger partial charge < -0.3 is 9.64 Å². The summed E-state index contributed by atoms with van der Waals surface area (Å²) in [5.74, 6) is 0.953. The molecule has 1 aliphatic rings. The number of ether oxygens (including phenoxy) is 1. The van der Waals surface area contributed by atoms with E-state index in [1.54, 1.807) is 0 Å². The average Bonchev–Trinajstić information content (AvgIpc) is 2.78. The topological polar surface area (TPSA) is 15.7 Å². The average molecular weight is 432 g/mol. The Balaban J connectivity index is 0.00000182. The fourth-order valence-electron chi connectivity index (χ4n) is 3.47. The largest absolute Gasteiger partial charge is 0.492 e. The number of fused-ring (bicyclic) bond motifs is 1. The highest BCUT2D eigenvalue weighted by Crippen LogP contribution is 2.38. The van der Waals surface area contributed by atoms with Crippen molar-refractivity contribution in [1.29, 1.82) is 0 Å². The molecule has 3 nitrogen and oxygen atoms in total. The normalized spacial score (nSPS) is 16.5. The third-order valence-electron chi connectivity index (χ3n) is 4.68. The molecule has 6 heteroatoms. The monoisotopic (exact) mass is 430 g/mol. The molecule has 0 amide bonds. The molecule has 2 aromatic carbocycles. The maximum atomic E-state index is 6.31. The van der Waals surface area contributed by atoms with Gasteiger partial charge in [0.15, 0.2) is 0 Å². The molecule has 1 atom stereocenters. The van der Waals surface area contributed by atoms with Gasteiger partial charge >= 0.3 is 0 Å². The standard InChI is InChI=1S/C21H27ClN2O.2ClH/c1-23(2)12-6-7-13-24-14-15-25-20-11-10-18(22)16-19(20)21(24)17-8-4-3-5-9-17;;/h3-5,8-11,16,21H,6-7,12-15H2,1-2H3;2*1H. The Labute approximate surface area is 180 Å². The first-order valence-corrected chi connectivity index (χ1v) is 9.39. The highest BCUT2D eigenvalue weighted by molar-refractivity contribution is 6.30. The molecular formula is C21H29Cl3N2O. The fourth-order valence-corrected chi connectivity index (χ4v) is 3.65. The molecule has 1 heterocycles. The van der Waals surface area contributed by atoms with E-state index in [2.05, 4.69) is 60.3 Å². The molecule has 0 aromatic heterocycles. The van der Waals surface area contributed by atoms with Crippen molar-refractivity contribution in [2.45, 2.75) is 18.9 Å². The Kier molecular flexibility index (Phi) is 10.5. The van der Waals surface area contributed by atoms with E-state index in [4.69, 9.17) is 16.3 Å². The molecule has 0 bridgehead atoms. The van der Waals surface area contributed by atoms with Crippen LogP contribution in [0.3, 0.4) is 0 Å². The Morgan fingerprint density at radius 3 is 2.52 bits per heavy atom. The van der Waals surface area contributed by atoms with Crippen LogP contribution in [0.4, 0.5) is 0 Å². The number of nitrogens with zero attached hydrogens (tertiary/aromatic N) is 2. The lowest BCUT2D eigenvalue weighted by Gasteiger charge is -2.30. The summed E-state index contributed by atoms with van der Waals surface area (Å²) in [6.45, 7) is 3.82. The third kappa shape index (κ3) is 6.55. The van der Waals surface area contributed by atoms with Crippen LogP contribution in [-0.2, 0) is 0 Å². The van der Waals surface area contributed by atoms with Crippen molar-refractivity contribution in [1.82, 2.24) is 9.80 Å². The number of rotatable bonds is 6. The minimum absolute atomic E-state index is 0. The molecule has 0 spiro atoms. The Bertz CT molecular complexity index is 682. The molecule has 0 saturated heterocycles. The molecule has 150 valence electrons. The van der Waals surface area contributed by atoms with E-state index in [1.807, 2.05) is 12.1 Å². The maximum absolute atomic E-state index is 6.31. The zero-order valence-electron chi connectivity index (χ0n) is 15.9. The van der Waals surface area contributed by atoms with Crippen molar-refractivity contribution in [3.63, 3.8) is 0 Å². The minimum atomic E-state index is 0. The van der Waals surface area contributed by atoms with Gasteiger partial charge in [0.2, 0.25) is 0 Å². The lowest BCUT2D eigenvalue weighted by atomic mass is 9.96. The van der Waals surface area contributed by atoms with Crippen LogP contribution >= 0.6 is 36.4 Å². The molecule has 0 radical (unpaired) electrons. The number of hydrogen-bond donors (Lipinski definition) is 0. The Morgan fingerprint density at radius 1 is 1.07 bits per heavy atom. The molecule has 3 rings (SSSR count). The summed E-state index contributed by atoms with van der Waals surface area (Å²) in [4.78, 5) is 4.78.